The molecule has 2 rings (SSSR count). The molecule has 0 fully saturated rings. The van der Waals surface area contributed by atoms with Crippen molar-refractivity contribution in [1.29, 1.82) is 5.26 Å². The summed E-state index contributed by atoms with van der Waals surface area (Å²) in [5.74, 6) is -0.136. The summed E-state index contributed by atoms with van der Waals surface area (Å²) >= 11 is 0. The van der Waals surface area contributed by atoms with Crippen molar-refractivity contribution in [2.45, 2.75) is 6.42 Å². The summed E-state index contributed by atoms with van der Waals surface area (Å²) in [5.41, 5.74) is 1.95. The standard InChI is InChI=1S/C15H14N4O/c1-19(7-4-12-2-5-17-6-3-12)15(20)14-8-13(9-16)10-18-11-14/h2-3,5-6,8,10-11H,4,7H2,1H3. The van der Waals surface area contributed by atoms with Crippen molar-refractivity contribution in [3.63, 3.8) is 0 Å². The molecule has 0 saturated carbocycles. The maximum Gasteiger partial charge on any atom is 0.255 e. The number of rotatable bonds is 4. The van der Waals surface area contributed by atoms with Gasteiger partial charge in [-0.2, -0.15) is 5.26 Å². The van der Waals surface area contributed by atoms with Crippen LogP contribution < -0.4 is 0 Å². The minimum Gasteiger partial charge on any atom is -0.341 e. The summed E-state index contributed by atoms with van der Waals surface area (Å²) in [5, 5.41) is 8.81. The maximum atomic E-state index is 12.2. The van der Waals surface area contributed by atoms with E-state index in [9.17, 15) is 4.79 Å². The average molecular weight is 266 g/mol. The summed E-state index contributed by atoms with van der Waals surface area (Å²) in [6, 6.07) is 7.39. The molecule has 0 atom stereocenters. The molecule has 2 aromatic rings. The molecule has 0 unspecified atom stereocenters. The number of aromatic nitrogens is 2. The molecule has 100 valence electrons. The minimum atomic E-state index is -0.136. The van der Waals surface area contributed by atoms with Crippen LogP contribution in [0.2, 0.25) is 0 Å². The Morgan fingerprint density at radius 3 is 2.75 bits per heavy atom. The zero-order valence-electron chi connectivity index (χ0n) is 11.2. The second kappa shape index (κ2) is 6.43. The lowest BCUT2D eigenvalue weighted by molar-refractivity contribution is 0.0796. The Kier molecular flexibility index (Phi) is 4.40. The highest BCUT2D eigenvalue weighted by Crippen LogP contribution is 2.06. The van der Waals surface area contributed by atoms with Crippen LogP contribution in [0.25, 0.3) is 0 Å². The number of pyridine rings is 2. The van der Waals surface area contributed by atoms with E-state index in [0.717, 1.165) is 12.0 Å². The SMILES string of the molecule is CN(CCc1ccncc1)C(=O)c1cncc(C#N)c1. The van der Waals surface area contributed by atoms with Gasteiger partial charge in [0.25, 0.3) is 5.91 Å². The molecule has 0 aliphatic rings. The molecule has 0 aliphatic carbocycles. The summed E-state index contributed by atoms with van der Waals surface area (Å²) in [6.45, 7) is 0.597. The number of amides is 1. The van der Waals surface area contributed by atoms with E-state index >= 15 is 0 Å². The number of carbonyl (C=O) groups excluding carboxylic acids is 1. The molecule has 0 radical (unpaired) electrons. The van der Waals surface area contributed by atoms with Crippen LogP contribution in [0.5, 0.6) is 0 Å². The molecule has 2 heterocycles. The lowest BCUT2D eigenvalue weighted by Gasteiger charge is -2.17. The van der Waals surface area contributed by atoms with Gasteiger partial charge in [0, 0.05) is 38.4 Å². The molecule has 5 heteroatoms. The summed E-state index contributed by atoms with van der Waals surface area (Å²) in [7, 11) is 1.74. The largest absolute Gasteiger partial charge is 0.341 e. The fourth-order valence-electron chi connectivity index (χ4n) is 1.79. The summed E-state index contributed by atoms with van der Waals surface area (Å²) in [6.07, 6.45) is 7.14. The second-order valence-electron chi connectivity index (χ2n) is 4.41. The van der Waals surface area contributed by atoms with Gasteiger partial charge in [0.1, 0.15) is 6.07 Å². The van der Waals surface area contributed by atoms with Gasteiger partial charge in [-0.25, -0.2) is 0 Å². The predicted molar refractivity (Wildman–Crippen MR) is 73.9 cm³/mol. The molecule has 5 nitrogen and oxygen atoms in total. The smallest absolute Gasteiger partial charge is 0.255 e. The van der Waals surface area contributed by atoms with Gasteiger partial charge < -0.3 is 4.90 Å². The van der Waals surface area contributed by atoms with Crippen molar-refractivity contribution in [1.82, 2.24) is 14.9 Å². The van der Waals surface area contributed by atoms with E-state index < -0.39 is 0 Å². The van der Waals surface area contributed by atoms with Crippen LogP contribution >= 0.6 is 0 Å². The quantitative estimate of drug-likeness (QED) is 0.844. The molecule has 0 spiro atoms. The lowest BCUT2D eigenvalue weighted by atomic mass is 10.1. The first-order chi connectivity index (χ1) is 9.70. The van der Waals surface area contributed by atoms with Crippen molar-refractivity contribution < 1.29 is 4.79 Å². The van der Waals surface area contributed by atoms with E-state index in [0.29, 0.717) is 17.7 Å². The van der Waals surface area contributed by atoms with Gasteiger partial charge in [0.2, 0.25) is 0 Å². The van der Waals surface area contributed by atoms with E-state index in [2.05, 4.69) is 9.97 Å². The highest BCUT2D eigenvalue weighted by molar-refractivity contribution is 5.94. The molecule has 20 heavy (non-hydrogen) atoms. The van der Waals surface area contributed by atoms with Gasteiger partial charge in [-0.3, -0.25) is 14.8 Å². The van der Waals surface area contributed by atoms with Crippen LogP contribution in [0.3, 0.4) is 0 Å². The molecule has 0 N–H and O–H groups in total. The molecular weight excluding hydrogens is 252 g/mol. The monoisotopic (exact) mass is 266 g/mol. The van der Waals surface area contributed by atoms with Crippen molar-refractivity contribution in [2.24, 2.45) is 0 Å². The number of hydrogen-bond donors (Lipinski definition) is 0. The summed E-state index contributed by atoms with van der Waals surface area (Å²) < 4.78 is 0. The molecule has 2 aromatic heterocycles. The Labute approximate surface area is 117 Å². The Hall–Kier alpha value is -2.74. The van der Waals surface area contributed by atoms with Gasteiger partial charge in [0.05, 0.1) is 11.1 Å². The second-order valence-corrected chi connectivity index (χ2v) is 4.41. The van der Waals surface area contributed by atoms with Crippen molar-refractivity contribution >= 4 is 5.91 Å². The van der Waals surface area contributed by atoms with Gasteiger partial charge in [-0.15, -0.1) is 0 Å². The summed E-state index contributed by atoms with van der Waals surface area (Å²) in [4.78, 5) is 21.7. The van der Waals surface area contributed by atoms with Gasteiger partial charge >= 0.3 is 0 Å². The number of nitrogens with zero attached hydrogens (tertiary/aromatic N) is 4. The number of nitriles is 1. The maximum absolute atomic E-state index is 12.2. The minimum absolute atomic E-state index is 0.136. The predicted octanol–water partition coefficient (Wildman–Crippen LogP) is 1.66. The van der Waals surface area contributed by atoms with Crippen LogP contribution in [-0.2, 0) is 6.42 Å². The van der Waals surface area contributed by atoms with E-state index in [4.69, 9.17) is 5.26 Å². The van der Waals surface area contributed by atoms with Crippen molar-refractivity contribution in [2.75, 3.05) is 13.6 Å². The van der Waals surface area contributed by atoms with Crippen LogP contribution in [0.15, 0.2) is 43.0 Å². The third kappa shape index (κ3) is 3.39. The molecule has 0 saturated heterocycles. The van der Waals surface area contributed by atoms with Crippen molar-refractivity contribution in [3.8, 4) is 6.07 Å². The Morgan fingerprint density at radius 1 is 1.30 bits per heavy atom. The third-order valence-corrected chi connectivity index (χ3v) is 2.95. The number of carbonyl (C=O) groups is 1. The first-order valence-electron chi connectivity index (χ1n) is 6.20. The Bertz CT molecular complexity index is 634. The highest BCUT2D eigenvalue weighted by Gasteiger charge is 2.12. The van der Waals surface area contributed by atoms with Gasteiger partial charge in [0.15, 0.2) is 0 Å². The lowest BCUT2D eigenvalue weighted by Crippen LogP contribution is -2.29. The highest BCUT2D eigenvalue weighted by atomic mass is 16.2. The molecule has 0 aromatic carbocycles. The average Bonchev–Trinajstić information content (AvgIpc) is 2.53. The van der Waals surface area contributed by atoms with E-state index in [1.807, 2.05) is 18.2 Å². The van der Waals surface area contributed by atoms with Crippen LogP contribution in [0.1, 0.15) is 21.5 Å². The normalized spacial score (nSPS) is 9.80. The third-order valence-electron chi connectivity index (χ3n) is 2.95. The molecule has 1 amide bonds. The Balaban J connectivity index is 2.00. The molecule has 0 bridgehead atoms. The fourth-order valence-corrected chi connectivity index (χ4v) is 1.79. The fraction of sp³-hybridized carbons (Fsp3) is 0.200. The van der Waals surface area contributed by atoms with Gasteiger partial charge in [-0.05, 0) is 30.2 Å². The topological polar surface area (TPSA) is 69.9 Å². The first kappa shape index (κ1) is 13.7. The molecular formula is C15H14N4O. The van der Waals surface area contributed by atoms with E-state index in [1.54, 1.807) is 30.4 Å². The van der Waals surface area contributed by atoms with Crippen LogP contribution in [0.4, 0.5) is 0 Å². The van der Waals surface area contributed by atoms with Crippen LogP contribution in [-0.4, -0.2) is 34.4 Å². The van der Waals surface area contributed by atoms with Gasteiger partial charge in [-0.1, -0.05) is 0 Å². The van der Waals surface area contributed by atoms with E-state index in [1.165, 1.54) is 12.4 Å². The van der Waals surface area contributed by atoms with Crippen molar-refractivity contribution in [3.05, 3.63) is 59.7 Å². The Morgan fingerprint density at radius 2 is 2.05 bits per heavy atom. The zero-order valence-corrected chi connectivity index (χ0v) is 11.2. The molecule has 0 aliphatic heterocycles. The number of likely N-dealkylation sites (N-methyl/N-ethyl adjacent to an activating group) is 1. The van der Waals surface area contributed by atoms with E-state index in [-0.39, 0.29) is 5.91 Å². The van der Waals surface area contributed by atoms with Crippen LogP contribution in [0, 0.1) is 11.3 Å². The zero-order chi connectivity index (χ0) is 14.4. The number of hydrogen-bond acceptors (Lipinski definition) is 4. The first-order valence-corrected chi connectivity index (χ1v) is 6.20.